The Morgan fingerprint density at radius 1 is 1.30 bits per heavy atom. The van der Waals surface area contributed by atoms with E-state index in [-0.39, 0.29) is 5.82 Å². The van der Waals surface area contributed by atoms with E-state index >= 15 is 0 Å². The fourth-order valence-corrected chi connectivity index (χ4v) is 2.15. The van der Waals surface area contributed by atoms with Crippen LogP contribution in [-0.2, 0) is 13.1 Å². The van der Waals surface area contributed by atoms with E-state index in [1.807, 2.05) is 22.9 Å². The van der Waals surface area contributed by atoms with Crippen molar-refractivity contribution >= 4 is 0 Å². The molecular formula is C16H22FN3. The quantitative estimate of drug-likeness (QED) is 0.873. The highest BCUT2D eigenvalue weighted by Gasteiger charge is 2.11. The Kier molecular flexibility index (Phi) is 4.90. The van der Waals surface area contributed by atoms with Gasteiger partial charge < -0.3 is 5.32 Å². The third kappa shape index (κ3) is 3.45. The van der Waals surface area contributed by atoms with Gasteiger partial charge in [0.05, 0.1) is 5.69 Å². The molecule has 0 atom stereocenters. The van der Waals surface area contributed by atoms with Gasteiger partial charge in [0.1, 0.15) is 5.82 Å². The molecule has 3 nitrogen and oxygen atoms in total. The van der Waals surface area contributed by atoms with Gasteiger partial charge in [-0.2, -0.15) is 5.10 Å². The van der Waals surface area contributed by atoms with Crippen molar-refractivity contribution in [3.05, 3.63) is 41.8 Å². The summed E-state index contributed by atoms with van der Waals surface area (Å²) in [6.45, 7) is 7.83. The fraction of sp³-hybridized carbons (Fsp3) is 0.438. The third-order valence-electron chi connectivity index (χ3n) is 3.17. The largest absolute Gasteiger partial charge is 0.310 e. The molecule has 0 aliphatic heterocycles. The van der Waals surface area contributed by atoms with Gasteiger partial charge in [0.2, 0.25) is 0 Å². The monoisotopic (exact) mass is 275 g/mol. The summed E-state index contributed by atoms with van der Waals surface area (Å²) in [5.41, 5.74) is 2.55. The molecule has 1 aromatic heterocycles. The number of hydrogen-bond acceptors (Lipinski definition) is 2. The van der Waals surface area contributed by atoms with Crippen LogP contribution in [0.3, 0.4) is 0 Å². The van der Waals surface area contributed by atoms with Gasteiger partial charge in [-0.25, -0.2) is 4.39 Å². The van der Waals surface area contributed by atoms with Crippen molar-refractivity contribution in [1.82, 2.24) is 15.1 Å². The number of nitrogens with one attached hydrogen (secondary N) is 1. The average molecular weight is 275 g/mol. The lowest BCUT2D eigenvalue weighted by molar-refractivity contribution is 0.584. The van der Waals surface area contributed by atoms with E-state index in [1.54, 1.807) is 6.20 Å². The van der Waals surface area contributed by atoms with Crippen LogP contribution in [0.4, 0.5) is 4.39 Å². The number of benzene rings is 1. The number of rotatable bonds is 6. The summed E-state index contributed by atoms with van der Waals surface area (Å²) in [7, 11) is 0. The number of halogens is 1. The molecule has 1 aromatic carbocycles. The van der Waals surface area contributed by atoms with E-state index in [9.17, 15) is 4.39 Å². The van der Waals surface area contributed by atoms with Crippen LogP contribution in [-0.4, -0.2) is 15.8 Å². The van der Waals surface area contributed by atoms with Crippen LogP contribution in [0.2, 0.25) is 0 Å². The second-order valence-electron chi connectivity index (χ2n) is 5.29. The smallest absolute Gasteiger partial charge is 0.132 e. The Bertz CT molecular complexity index is 561. The molecule has 0 saturated carbocycles. The SMILES string of the molecule is CCCn1nccc1-c1cc(CNC(C)C)ccc1F. The second-order valence-corrected chi connectivity index (χ2v) is 5.29. The van der Waals surface area contributed by atoms with Gasteiger partial charge in [0.15, 0.2) is 0 Å². The van der Waals surface area contributed by atoms with Crippen molar-refractivity contribution in [2.75, 3.05) is 0 Å². The first-order valence-electron chi connectivity index (χ1n) is 7.15. The summed E-state index contributed by atoms with van der Waals surface area (Å²) in [5.74, 6) is -0.198. The number of aryl methyl sites for hydroxylation is 1. The molecule has 0 radical (unpaired) electrons. The van der Waals surface area contributed by atoms with Crippen molar-refractivity contribution < 1.29 is 4.39 Å². The summed E-state index contributed by atoms with van der Waals surface area (Å²) in [5, 5.41) is 7.61. The van der Waals surface area contributed by atoms with Crippen LogP contribution < -0.4 is 5.32 Å². The van der Waals surface area contributed by atoms with Crippen LogP contribution in [0.15, 0.2) is 30.5 Å². The van der Waals surface area contributed by atoms with Crippen LogP contribution >= 0.6 is 0 Å². The van der Waals surface area contributed by atoms with Gasteiger partial charge in [-0.3, -0.25) is 4.68 Å². The molecule has 0 saturated heterocycles. The summed E-state index contributed by atoms with van der Waals surface area (Å²) < 4.78 is 15.9. The first kappa shape index (κ1) is 14.7. The van der Waals surface area contributed by atoms with Crippen molar-refractivity contribution in [3.63, 3.8) is 0 Å². The molecular weight excluding hydrogens is 253 g/mol. The van der Waals surface area contributed by atoms with E-state index in [0.29, 0.717) is 11.6 Å². The van der Waals surface area contributed by atoms with Gasteiger partial charge in [0, 0.05) is 30.9 Å². The highest BCUT2D eigenvalue weighted by Crippen LogP contribution is 2.24. The average Bonchev–Trinajstić information content (AvgIpc) is 2.86. The van der Waals surface area contributed by atoms with Crippen LogP contribution in [0, 0.1) is 5.82 Å². The maximum absolute atomic E-state index is 14.1. The molecule has 2 rings (SSSR count). The zero-order chi connectivity index (χ0) is 14.5. The lowest BCUT2D eigenvalue weighted by atomic mass is 10.1. The molecule has 108 valence electrons. The lowest BCUT2D eigenvalue weighted by Gasteiger charge is -2.11. The Balaban J connectivity index is 2.30. The summed E-state index contributed by atoms with van der Waals surface area (Å²) in [6, 6.07) is 7.56. The van der Waals surface area contributed by atoms with E-state index in [0.717, 1.165) is 30.8 Å². The minimum absolute atomic E-state index is 0.198. The van der Waals surface area contributed by atoms with Crippen molar-refractivity contribution in [2.45, 2.75) is 46.3 Å². The third-order valence-corrected chi connectivity index (χ3v) is 3.17. The molecule has 0 bridgehead atoms. The van der Waals surface area contributed by atoms with Crippen LogP contribution in [0.25, 0.3) is 11.3 Å². The molecule has 1 heterocycles. The summed E-state index contributed by atoms with van der Waals surface area (Å²) in [6.07, 6.45) is 2.70. The normalized spacial score (nSPS) is 11.2. The topological polar surface area (TPSA) is 29.9 Å². The second kappa shape index (κ2) is 6.66. The zero-order valence-electron chi connectivity index (χ0n) is 12.4. The van der Waals surface area contributed by atoms with E-state index in [4.69, 9.17) is 0 Å². The molecule has 0 spiro atoms. The molecule has 0 unspecified atom stereocenters. The molecule has 4 heteroatoms. The molecule has 20 heavy (non-hydrogen) atoms. The number of nitrogens with zero attached hydrogens (tertiary/aromatic N) is 2. The predicted octanol–water partition coefficient (Wildman–Crippen LogP) is 3.60. The highest BCUT2D eigenvalue weighted by atomic mass is 19.1. The Labute approximate surface area is 119 Å². The van der Waals surface area contributed by atoms with Crippen LogP contribution in [0.1, 0.15) is 32.8 Å². The molecule has 0 aliphatic carbocycles. The molecule has 2 aromatic rings. The van der Waals surface area contributed by atoms with Crippen LogP contribution in [0.5, 0.6) is 0 Å². The summed E-state index contributed by atoms with van der Waals surface area (Å²) >= 11 is 0. The first-order chi connectivity index (χ1) is 9.61. The van der Waals surface area contributed by atoms with Gasteiger partial charge >= 0.3 is 0 Å². The minimum Gasteiger partial charge on any atom is -0.310 e. The van der Waals surface area contributed by atoms with Gasteiger partial charge in [-0.1, -0.05) is 26.8 Å². The van der Waals surface area contributed by atoms with E-state index < -0.39 is 0 Å². The number of hydrogen-bond donors (Lipinski definition) is 1. The Hall–Kier alpha value is -1.68. The first-order valence-corrected chi connectivity index (χ1v) is 7.15. The van der Waals surface area contributed by atoms with Crippen molar-refractivity contribution in [1.29, 1.82) is 0 Å². The Morgan fingerprint density at radius 2 is 2.10 bits per heavy atom. The van der Waals surface area contributed by atoms with Gasteiger partial charge in [0.25, 0.3) is 0 Å². The van der Waals surface area contributed by atoms with Crippen molar-refractivity contribution in [3.8, 4) is 11.3 Å². The maximum atomic E-state index is 14.1. The minimum atomic E-state index is -0.198. The van der Waals surface area contributed by atoms with Crippen molar-refractivity contribution in [2.24, 2.45) is 0 Å². The molecule has 1 N–H and O–H groups in total. The van der Waals surface area contributed by atoms with E-state index in [1.165, 1.54) is 6.07 Å². The van der Waals surface area contributed by atoms with E-state index in [2.05, 4.69) is 31.2 Å². The number of aromatic nitrogens is 2. The predicted molar refractivity (Wildman–Crippen MR) is 79.9 cm³/mol. The fourth-order valence-electron chi connectivity index (χ4n) is 2.15. The maximum Gasteiger partial charge on any atom is 0.132 e. The van der Waals surface area contributed by atoms with Gasteiger partial charge in [-0.05, 0) is 30.2 Å². The standard InChI is InChI=1S/C16H22FN3/c1-4-9-20-16(7-8-19-20)14-10-13(5-6-15(14)17)11-18-12(2)3/h5-8,10,12,18H,4,9,11H2,1-3H3. The molecule has 0 amide bonds. The molecule has 0 fully saturated rings. The lowest BCUT2D eigenvalue weighted by Crippen LogP contribution is -2.21. The molecule has 0 aliphatic rings. The van der Waals surface area contributed by atoms with Gasteiger partial charge in [-0.15, -0.1) is 0 Å². The zero-order valence-corrected chi connectivity index (χ0v) is 12.4. The Morgan fingerprint density at radius 3 is 2.80 bits per heavy atom. The summed E-state index contributed by atoms with van der Waals surface area (Å²) in [4.78, 5) is 0. The highest BCUT2D eigenvalue weighted by molar-refractivity contribution is 5.61.